The number of piperazine rings is 1. The standard InChI is InChI=1S/C35H50FN5O5/c1-24-17-38(28(19-40(24)32(44)46-33(2,3)4)18-39-12-13-45-23-35(39,7)22-42)20-30(43)41-21-34(5,6)31-29(41)15-26(16-37-31)14-25-8-10-27(36)11-9-25/h8-11,15-16,24,28,42H,12-14,17-23H2,1-7H3/t24-,28+,35?/m1/s1. The molecule has 5 rings (SSSR count). The van der Waals surface area contributed by atoms with Crippen molar-refractivity contribution in [3.63, 3.8) is 0 Å². The summed E-state index contributed by atoms with van der Waals surface area (Å²) in [5, 5.41) is 10.3. The molecule has 11 heteroatoms. The zero-order valence-corrected chi connectivity index (χ0v) is 28.4. The average molecular weight is 640 g/mol. The van der Waals surface area contributed by atoms with Crippen LogP contribution < -0.4 is 4.90 Å². The minimum Gasteiger partial charge on any atom is -0.444 e. The molecule has 0 saturated carbocycles. The van der Waals surface area contributed by atoms with Crippen molar-refractivity contribution < 1.29 is 28.6 Å². The topological polar surface area (TPSA) is 98.7 Å². The summed E-state index contributed by atoms with van der Waals surface area (Å²) in [6.07, 6.45) is 2.07. The van der Waals surface area contributed by atoms with Crippen molar-refractivity contribution in [2.45, 2.75) is 83.5 Å². The summed E-state index contributed by atoms with van der Waals surface area (Å²) in [4.78, 5) is 40.4. The van der Waals surface area contributed by atoms with Gasteiger partial charge in [-0.3, -0.25) is 19.6 Å². The molecule has 0 aliphatic carbocycles. The summed E-state index contributed by atoms with van der Waals surface area (Å²) in [6.45, 7) is 17.5. The van der Waals surface area contributed by atoms with E-state index in [0.717, 1.165) is 22.5 Å². The molecule has 0 spiro atoms. The number of aliphatic hydroxyl groups excluding tert-OH is 1. The number of nitrogens with zero attached hydrogens (tertiary/aromatic N) is 5. The van der Waals surface area contributed by atoms with Crippen LogP contribution in [0, 0.1) is 5.82 Å². The molecule has 46 heavy (non-hydrogen) atoms. The molecule has 1 aromatic carbocycles. The second kappa shape index (κ2) is 13.2. The van der Waals surface area contributed by atoms with Gasteiger partial charge in [-0.15, -0.1) is 0 Å². The Kier molecular flexibility index (Phi) is 9.80. The molecule has 10 nitrogen and oxygen atoms in total. The largest absolute Gasteiger partial charge is 0.444 e. The Labute approximate surface area is 272 Å². The lowest BCUT2D eigenvalue weighted by Gasteiger charge is -2.50. The van der Waals surface area contributed by atoms with Gasteiger partial charge in [-0.05, 0) is 70.4 Å². The second-order valence-electron chi connectivity index (χ2n) is 15.1. The van der Waals surface area contributed by atoms with Gasteiger partial charge in [0, 0.05) is 56.4 Å². The number of morpholine rings is 1. The van der Waals surface area contributed by atoms with Gasteiger partial charge < -0.3 is 24.4 Å². The Balaban J connectivity index is 1.38. The SMILES string of the molecule is C[C@@H]1CN(CC(=O)N2CC(C)(C)c3ncc(Cc4ccc(F)cc4)cc32)[C@@H](CN2CCOCC2(C)CO)CN1C(=O)OC(C)(C)C. The van der Waals surface area contributed by atoms with Crippen molar-refractivity contribution >= 4 is 17.7 Å². The molecule has 3 aliphatic heterocycles. The molecule has 2 fully saturated rings. The summed E-state index contributed by atoms with van der Waals surface area (Å²) < 4.78 is 25.0. The number of halogens is 1. The Morgan fingerprint density at radius 3 is 2.52 bits per heavy atom. The van der Waals surface area contributed by atoms with E-state index in [9.17, 15) is 19.1 Å². The third-order valence-corrected chi connectivity index (χ3v) is 9.41. The molecule has 1 unspecified atom stereocenters. The summed E-state index contributed by atoms with van der Waals surface area (Å²) in [5.41, 5.74) is 2.11. The molecule has 1 aromatic heterocycles. The van der Waals surface area contributed by atoms with Crippen molar-refractivity contribution in [2.75, 3.05) is 64.0 Å². The predicted octanol–water partition coefficient (Wildman–Crippen LogP) is 3.83. The lowest BCUT2D eigenvalue weighted by molar-refractivity contribution is -0.123. The van der Waals surface area contributed by atoms with Gasteiger partial charge >= 0.3 is 6.09 Å². The van der Waals surface area contributed by atoms with E-state index in [0.29, 0.717) is 52.4 Å². The predicted molar refractivity (Wildman–Crippen MR) is 174 cm³/mol. The van der Waals surface area contributed by atoms with Crippen LogP contribution in [0.4, 0.5) is 14.9 Å². The summed E-state index contributed by atoms with van der Waals surface area (Å²) in [6, 6.07) is 8.14. The maximum atomic E-state index is 14.2. The van der Waals surface area contributed by atoms with Crippen LogP contribution in [0.15, 0.2) is 36.5 Å². The van der Waals surface area contributed by atoms with Gasteiger partial charge in [-0.25, -0.2) is 9.18 Å². The minimum atomic E-state index is -0.626. The number of aromatic nitrogens is 1. The first-order chi connectivity index (χ1) is 21.6. The molecule has 0 radical (unpaired) electrons. The summed E-state index contributed by atoms with van der Waals surface area (Å²) in [7, 11) is 0. The number of ether oxygens (including phenoxy) is 2. The highest BCUT2D eigenvalue weighted by Crippen LogP contribution is 2.40. The lowest BCUT2D eigenvalue weighted by Crippen LogP contribution is -2.66. The van der Waals surface area contributed by atoms with Crippen LogP contribution in [0.1, 0.15) is 65.3 Å². The Morgan fingerprint density at radius 1 is 1.13 bits per heavy atom. The monoisotopic (exact) mass is 639 g/mol. The fourth-order valence-corrected chi connectivity index (χ4v) is 6.78. The van der Waals surface area contributed by atoms with E-state index in [2.05, 4.69) is 23.6 Å². The van der Waals surface area contributed by atoms with Crippen LogP contribution in [0.5, 0.6) is 0 Å². The summed E-state index contributed by atoms with van der Waals surface area (Å²) >= 11 is 0. The van der Waals surface area contributed by atoms with Crippen molar-refractivity contribution in [1.82, 2.24) is 19.7 Å². The maximum Gasteiger partial charge on any atom is 0.410 e. The van der Waals surface area contributed by atoms with Crippen LogP contribution in [-0.2, 0) is 26.1 Å². The van der Waals surface area contributed by atoms with E-state index in [4.69, 9.17) is 14.5 Å². The molecule has 252 valence electrons. The third kappa shape index (κ3) is 7.54. The highest BCUT2D eigenvalue weighted by atomic mass is 19.1. The molecule has 4 heterocycles. The number of pyridine rings is 1. The van der Waals surface area contributed by atoms with E-state index in [1.54, 1.807) is 17.0 Å². The number of carbonyl (C=O) groups is 2. The zero-order chi connectivity index (χ0) is 33.4. The van der Waals surface area contributed by atoms with E-state index < -0.39 is 11.1 Å². The number of hydrogen-bond acceptors (Lipinski definition) is 8. The molecular formula is C35H50FN5O5. The molecule has 1 N–H and O–H groups in total. The van der Waals surface area contributed by atoms with Gasteiger partial charge in [0.1, 0.15) is 11.4 Å². The normalized spacial score (nSPS) is 25.4. The van der Waals surface area contributed by atoms with Gasteiger partial charge in [0.2, 0.25) is 5.91 Å². The van der Waals surface area contributed by atoms with Gasteiger partial charge in [0.25, 0.3) is 0 Å². The number of rotatable bonds is 7. The van der Waals surface area contributed by atoms with Crippen LogP contribution in [0.2, 0.25) is 0 Å². The number of amides is 2. The van der Waals surface area contributed by atoms with Gasteiger partial charge in [-0.2, -0.15) is 0 Å². The van der Waals surface area contributed by atoms with Crippen LogP contribution >= 0.6 is 0 Å². The van der Waals surface area contributed by atoms with E-state index in [1.807, 2.05) is 51.8 Å². The fraction of sp³-hybridized carbons (Fsp3) is 0.629. The van der Waals surface area contributed by atoms with Crippen molar-refractivity contribution in [3.8, 4) is 0 Å². The van der Waals surface area contributed by atoms with Crippen molar-refractivity contribution in [1.29, 1.82) is 0 Å². The molecular weight excluding hydrogens is 589 g/mol. The molecule has 2 aromatic rings. The molecule has 2 amide bonds. The number of fused-ring (bicyclic) bond motifs is 1. The third-order valence-electron chi connectivity index (χ3n) is 9.41. The van der Waals surface area contributed by atoms with Crippen molar-refractivity contribution in [3.05, 3.63) is 59.2 Å². The smallest absolute Gasteiger partial charge is 0.410 e. The number of carbonyl (C=O) groups excluding carboxylic acids is 2. The number of hydrogen-bond donors (Lipinski definition) is 1. The Hall–Kier alpha value is -3.12. The van der Waals surface area contributed by atoms with E-state index in [1.165, 1.54) is 12.1 Å². The number of benzene rings is 1. The van der Waals surface area contributed by atoms with Gasteiger partial charge in [0.15, 0.2) is 0 Å². The Bertz CT molecular complexity index is 1410. The first-order valence-electron chi connectivity index (χ1n) is 16.3. The van der Waals surface area contributed by atoms with Crippen LogP contribution in [-0.4, -0.2) is 119 Å². The fourth-order valence-electron chi connectivity index (χ4n) is 6.78. The van der Waals surface area contributed by atoms with Gasteiger partial charge in [-0.1, -0.05) is 26.0 Å². The van der Waals surface area contributed by atoms with Crippen molar-refractivity contribution in [2.24, 2.45) is 0 Å². The van der Waals surface area contributed by atoms with Crippen LogP contribution in [0.25, 0.3) is 0 Å². The molecule has 3 aliphatic rings. The molecule has 2 saturated heterocycles. The average Bonchev–Trinajstić information content (AvgIpc) is 3.25. The van der Waals surface area contributed by atoms with E-state index >= 15 is 0 Å². The van der Waals surface area contributed by atoms with E-state index in [-0.39, 0.29) is 48.5 Å². The first kappa shape index (κ1) is 34.2. The number of anilines is 1. The maximum absolute atomic E-state index is 14.2. The number of aliphatic hydroxyl groups is 1. The quantitative estimate of drug-likeness (QED) is 0.489. The Morgan fingerprint density at radius 2 is 1.85 bits per heavy atom. The highest BCUT2D eigenvalue weighted by molar-refractivity contribution is 5.97. The second-order valence-corrected chi connectivity index (χ2v) is 15.1. The van der Waals surface area contributed by atoms with Crippen LogP contribution in [0.3, 0.4) is 0 Å². The first-order valence-corrected chi connectivity index (χ1v) is 16.3. The van der Waals surface area contributed by atoms with Gasteiger partial charge in [0.05, 0.1) is 43.3 Å². The summed E-state index contributed by atoms with van der Waals surface area (Å²) in [5.74, 6) is -0.300. The molecule has 3 atom stereocenters. The zero-order valence-electron chi connectivity index (χ0n) is 28.4. The highest BCUT2D eigenvalue weighted by Gasteiger charge is 2.44. The minimum absolute atomic E-state index is 0.0256. The lowest BCUT2D eigenvalue weighted by atomic mass is 9.91. The molecule has 0 bridgehead atoms.